The van der Waals surface area contributed by atoms with E-state index in [1.165, 1.54) is 25.7 Å². The molecule has 1 fully saturated rings. The standard InChI is InChI=1S/C13H24Br2O2S/c1-2-3-4-5-7-13(10-14,11-15)12-6-8-18(16,17)9-12/h12H,2-11H2,1H3. The van der Waals surface area contributed by atoms with E-state index in [0.29, 0.717) is 17.4 Å². The minimum atomic E-state index is -2.78. The van der Waals surface area contributed by atoms with Gasteiger partial charge in [-0.15, -0.1) is 0 Å². The summed E-state index contributed by atoms with van der Waals surface area (Å²) >= 11 is 7.25. The SMILES string of the molecule is CCCCCCC(CBr)(CBr)C1CCS(=O)(=O)C1. The zero-order valence-electron chi connectivity index (χ0n) is 11.1. The molecule has 108 valence electrons. The van der Waals surface area contributed by atoms with Gasteiger partial charge in [-0.3, -0.25) is 0 Å². The van der Waals surface area contributed by atoms with Gasteiger partial charge in [0.1, 0.15) is 0 Å². The summed E-state index contributed by atoms with van der Waals surface area (Å²) in [5.74, 6) is 1.09. The molecule has 1 aliphatic heterocycles. The summed E-state index contributed by atoms with van der Waals surface area (Å²) in [6.07, 6.45) is 6.97. The van der Waals surface area contributed by atoms with Crippen LogP contribution in [0.1, 0.15) is 45.4 Å². The van der Waals surface area contributed by atoms with Gasteiger partial charge in [0.25, 0.3) is 0 Å². The molecular weight excluding hydrogens is 380 g/mol. The number of halogens is 2. The van der Waals surface area contributed by atoms with E-state index < -0.39 is 9.84 Å². The Labute approximate surface area is 128 Å². The van der Waals surface area contributed by atoms with Crippen LogP contribution in [0.2, 0.25) is 0 Å². The Morgan fingerprint density at radius 1 is 1.17 bits per heavy atom. The third kappa shape index (κ3) is 4.48. The van der Waals surface area contributed by atoms with Crippen LogP contribution in [-0.4, -0.2) is 30.6 Å². The van der Waals surface area contributed by atoms with Crippen molar-refractivity contribution in [2.24, 2.45) is 11.3 Å². The Balaban J connectivity index is 2.62. The van der Waals surface area contributed by atoms with E-state index in [4.69, 9.17) is 0 Å². The molecular formula is C13H24Br2O2S. The zero-order valence-corrected chi connectivity index (χ0v) is 15.1. The number of sulfone groups is 1. The Morgan fingerprint density at radius 3 is 2.28 bits per heavy atom. The molecule has 0 saturated carbocycles. The van der Waals surface area contributed by atoms with Crippen molar-refractivity contribution < 1.29 is 8.42 Å². The highest BCUT2D eigenvalue weighted by atomic mass is 79.9. The molecule has 0 aliphatic carbocycles. The van der Waals surface area contributed by atoms with Gasteiger partial charge in [-0.1, -0.05) is 64.5 Å². The molecule has 1 heterocycles. The Kier molecular flexibility index (Phi) is 7.19. The van der Waals surface area contributed by atoms with E-state index in [9.17, 15) is 8.42 Å². The van der Waals surface area contributed by atoms with E-state index in [0.717, 1.165) is 23.5 Å². The third-order valence-electron chi connectivity index (χ3n) is 4.16. The molecule has 5 heteroatoms. The topological polar surface area (TPSA) is 34.1 Å². The number of unbranched alkanes of at least 4 members (excludes halogenated alkanes) is 3. The molecule has 0 aromatic heterocycles. The van der Waals surface area contributed by atoms with Crippen LogP contribution in [-0.2, 0) is 9.84 Å². The van der Waals surface area contributed by atoms with Crippen LogP contribution in [0.3, 0.4) is 0 Å². The Morgan fingerprint density at radius 2 is 1.83 bits per heavy atom. The van der Waals surface area contributed by atoms with E-state index >= 15 is 0 Å². The van der Waals surface area contributed by atoms with Crippen LogP contribution in [0.4, 0.5) is 0 Å². The van der Waals surface area contributed by atoms with Crippen molar-refractivity contribution >= 4 is 41.7 Å². The highest BCUT2D eigenvalue weighted by molar-refractivity contribution is 9.09. The van der Waals surface area contributed by atoms with Gasteiger partial charge in [-0.05, 0) is 24.2 Å². The lowest BCUT2D eigenvalue weighted by Crippen LogP contribution is -2.35. The Bertz CT molecular complexity index is 337. The number of rotatable bonds is 8. The van der Waals surface area contributed by atoms with E-state index in [1.807, 2.05) is 0 Å². The molecule has 1 atom stereocenters. The number of hydrogen-bond donors (Lipinski definition) is 0. The number of alkyl halides is 2. The summed E-state index contributed by atoms with van der Waals surface area (Å²) in [7, 11) is -2.78. The van der Waals surface area contributed by atoms with Crippen molar-refractivity contribution in [3.8, 4) is 0 Å². The first kappa shape index (κ1) is 17.0. The predicted octanol–water partition coefficient (Wildman–Crippen LogP) is 4.17. The molecule has 0 aromatic carbocycles. The molecule has 0 bridgehead atoms. The fourth-order valence-corrected chi connectivity index (χ4v) is 7.12. The van der Waals surface area contributed by atoms with E-state index in [1.54, 1.807) is 0 Å². The first-order valence-corrected chi connectivity index (χ1v) is 10.9. The second kappa shape index (κ2) is 7.63. The van der Waals surface area contributed by atoms with Crippen LogP contribution in [0.25, 0.3) is 0 Å². The Hall–Kier alpha value is 0.910. The smallest absolute Gasteiger partial charge is 0.150 e. The van der Waals surface area contributed by atoms with Crippen LogP contribution < -0.4 is 0 Å². The highest BCUT2D eigenvalue weighted by Crippen LogP contribution is 2.43. The molecule has 0 N–H and O–H groups in total. The third-order valence-corrected chi connectivity index (χ3v) is 8.16. The van der Waals surface area contributed by atoms with Crippen molar-refractivity contribution in [3.63, 3.8) is 0 Å². The van der Waals surface area contributed by atoms with Gasteiger partial charge in [0.2, 0.25) is 0 Å². The van der Waals surface area contributed by atoms with Gasteiger partial charge in [-0.2, -0.15) is 0 Å². The largest absolute Gasteiger partial charge is 0.229 e. The van der Waals surface area contributed by atoms with Gasteiger partial charge < -0.3 is 0 Å². The molecule has 0 aromatic rings. The molecule has 1 rings (SSSR count). The lowest BCUT2D eigenvalue weighted by atomic mass is 9.74. The molecule has 1 unspecified atom stereocenters. The maximum Gasteiger partial charge on any atom is 0.150 e. The van der Waals surface area contributed by atoms with Crippen molar-refractivity contribution in [3.05, 3.63) is 0 Å². The summed E-state index contributed by atoms with van der Waals surface area (Å²) in [5, 5.41) is 1.80. The summed E-state index contributed by atoms with van der Waals surface area (Å²) in [6.45, 7) is 2.21. The van der Waals surface area contributed by atoms with Gasteiger partial charge in [0.15, 0.2) is 9.84 Å². The summed E-state index contributed by atoms with van der Waals surface area (Å²) in [6, 6.07) is 0. The maximum absolute atomic E-state index is 11.7. The van der Waals surface area contributed by atoms with Gasteiger partial charge in [0.05, 0.1) is 11.5 Å². The first-order valence-electron chi connectivity index (χ1n) is 6.82. The predicted molar refractivity (Wildman–Crippen MR) is 85.5 cm³/mol. The zero-order chi connectivity index (χ0) is 13.6. The molecule has 0 spiro atoms. The van der Waals surface area contributed by atoms with Crippen LogP contribution >= 0.6 is 31.9 Å². The summed E-state index contributed by atoms with van der Waals surface area (Å²) in [4.78, 5) is 0. The van der Waals surface area contributed by atoms with Crippen LogP contribution in [0.5, 0.6) is 0 Å². The lowest BCUT2D eigenvalue weighted by molar-refractivity contribution is 0.227. The fraction of sp³-hybridized carbons (Fsp3) is 1.00. The molecule has 1 aliphatic rings. The molecule has 0 radical (unpaired) electrons. The maximum atomic E-state index is 11.7. The average molecular weight is 404 g/mol. The summed E-state index contributed by atoms with van der Waals surface area (Å²) < 4.78 is 23.3. The second-order valence-electron chi connectivity index (χ2n) is 5.54. The normalized spacial score (nSPS) is 23.4. The quantitative estimate of drug-likeness (QED) is 0.450. The van der Waals surface area contributed by atoms with Gasteiger partial charge in [0, 0.05) is 10.7 Å². The highest BCUT2D eigenvalue weighted by Gasteiger charge is 2.42. The monoisotopic (exact) mass is 402 g/mol. The van der Waals surface area contributed by atoms with Crippen LogP contribution in [0.15, 0.2) is 0 Å². The second-order valence-corrected chi connectivity index (χ2v) is 8.89. The van der Waals surface area contributed by atoms with Crippen molar-refractivity contribution in [2.45, 2.75) is 45.4 Å². The van der Waals surface area contributed by atoms with E-state index in [-0.39, 0.29) is 5.41 Å². The fourth-order valence-electron chi connectivity index (χ4n) is 2.77. The molecule has 1 saturated heterocycles. The first-order chi connectivity index (χ1) is 8.49. The number of hydrogen-bond acceptors (Lipinski definition) is 2. The minimum Gasteiger partial charge on any atom is -0.229 e. The molecule has 0 amide bonds. The van der Waals surface area contributed by atoms with Crippen molar-refractivity contribution in [2.75, 3.05) is 22.2 Å². The summed E-state index contributed by atoms with van der Waals surface area (Å²) in [5.41, 5.74) is 0.122. The molecule has 18 heavy (non-hydrogen) atoms. The van der Waals surface area contributed by atoms with Gasteiger partial charge >= 0.3 is 0 Å². The van der Waals surface area contributed by atoms with E-state index in [2.05, 4.69) is 38.8 Å². The van der Waals surface area contributed by atoms with Crippen molar-refractivity contribution in [1.29, 1.82) is 0 Å². The van der Waals surface area contributed by atoms with Crippen LogP contribution in [0, 0.1) is 11.3 Å². The van der Waals surface area contributed by atoms with Gasteiger partial charge in [-0.25, -0.2) is 8.42 Å². The minimum absolute atomic E-state index is 0.122. The average Bonchev–Trinajstić information content (AvgIpc) is 2.71. The molecule has 2 nitrogen and oxygen atoms in total. The lowest BCUT2D eigenvalue weighted by Gasteiger charge is -2.36. The van der Waals surface area contributed by atoms with Crippen molar-refractivity contribution in [1.82, 2.24) is 0 Å².